The minimum atomic E-state index is -0.140. The Morgan fingerprint density at radius 3 is 2.67 bits per heavy atom. The molecule has 1 aromatic rings. The lowest BCUT2D eigenvalue weighted by molar-refractivity contribution is 0.249. The van der Waals surface area contributed by atoms with E-state index in [2.05, 4.69) is 10.6 Å². The molecule has 0 aliphatic heterocycles. The smallest absolute Gasteiger partial charge is 0.319 e. The zero-order valence-corrected chi connectivity index (χ0v) is 9.50. The molecule has 0 aromatic heterocycles. The topological polar surface area (TPSA) is 41.1 Å². The summed E-state index contributed by atoms with van der Waals surface area (Å²) >= 11 is 0. The number of amides is 2. The van der Waals surface area contributed by atoms with Crippen LogP contribution in [0.5, 0.6) is 0 Å². The van der Waals surface area contributed by atoms with Crippen LogP contribution in [0.15, 0.2) is 24.3 Å². The van der Waals surface area contributed by atoms with Crippen molar-refractivity contribution >= 4 is 11.7 Å². The molecule has 0 spiro atoms. The minimum absolute atomic E-state index is 0.140. The number of para-hydroxylation sites is 1. The number of carbonyl (C=O) groups excluding carboxylic acids is 1. The number of benzene rings is 1. The Bertz CT molecular complexity index is 336. The van der Waals surface area contributed by atoms with Gasteiger partial charge in [0.05, 0.1) is 0 Å². The maximum Gasteiger partial charge on any atom is 0.319 e. The van der Waals surface area contributed by atoms with Crippen molar-refractivity contribution in [2.75, 3.05) is 5.32 Å². The highest BCUT2D eigenvalue weighted by Crippen LogP contribution is 2.12. The van der Waals surface area contributed by atoms with Crippen molar-refractivity contribution in [1.29, 1.82) is 0 Å². The zero-order valence-electron chi connectivity index (χ0n) is 9.50. The van der Waals surface area contributed by atoms with E-state index in [4.69, 9.17) is 0 Å². The van der Waals surface area contributed by atoms with Gasteiger partial charge in [0.1, 0.15) is 0 Å². The SMILES string of the molecule is CC[C@@H](C)NC(=O)Nc1ccccc1C. The van der Waals surface area contributed by atoms with Gasteiger partial charge in [0, 0.05) is 11.7 Å². The second kappa shape index (κ2) is 5.39. The van der Waals surface area contributed by atoms with E-state index >= 15 is 0 Å². The third-order valence-electron chi connectivity index (χ3n) is 2.38. The molecule has 0 radical (unpaired) electrons. The van der Waals surface area contributed by atoms with E-state index in [9.17, 15) is 4.79 Å². The molecule has 82 valence electrons. The molecule has 0 saturated carbocycles. The highest BCUT2D eigenvalue weighted by molar-refractivity contribution is 5.90. The molecule has 0 bridgehead atoms. The van der Waals surface area contributed by atoms with E-state index in [1.165, 1.54) is 0 Å². The van der Waals surface area contributed by atoms with E-state index in [0.29, 0.717) is 0 Å². The van der Waals surface area contributed by atoms with Crippen molar-refractivity contribution < 1.29 is 4.79 Å². The van der Waals surface area contributed by atoms with Crippen LogP contribution in [0.25, 0.3) is 0 Å². The second-order valence-electron chi connectivity index (χ2n) is 3.72. The first-order valence-electron chi connectivity index (χ1n) is 5.26. The van der Waals surface area contributed by atoms with Gasteiger partial charge < -0.3 is 10.6 Å². The van der Waals surface area contributed by atoms with Gasteiger partial charge in [-0.1, -0.05) is 25.1 Å². The van der Waals surface area contributed by atoms with Crippen LogP contribution in [0.1, 0.15) is 25.8 Å². The molecule has 0 unspecified atom stereocenters. The first kappa shape index (κ1) is 11.6. The number of rotatable bonds is 3. The molecular weight excluding hydrogens is 188 g/mol. The van der Waals surface area contributed by atoms with Crippen LogP contribution in [0.3, 0.4) is 0 Å². The number of aryl methyl sites for hydroxylation is 1. The summed E-state index contributed by atoms with van der Waals surface area (Å²) in [6.45, 7) is 6.00. The molecule has 2 N–H and O–H groups in total. The molecule has 1 atom stereocenters. The first-order chi connectivity index (χ1) is 7.13. The average molecular weight is 206 g/mol. The molecule has 1 aromatic carbocycles. The Balaban J connectivity index is 2.55. The van der Waals surface area contributed by atoms with Gasteiger partial charge in [0.15, 0.2) is 0 Å². The van der Waals surface area contributed by atoms with Crippen molar-refractivity contribution in [3.8, 4) is 0 Å². The Hall–Kier alpha value is -1.51. The maximum atomic E-state index is 11.5. The summed E-state index contributed by atoms with van der Waals surface area (Å²) in [5.41, 5.74) is 1.93. The fraction of sp³-hybridized carbons (Fsp3) is 0.417. The van der Waals surface area contributed by atoms with Gasteiger partial charge in [0.25, 0.3) is 0 Å². The molecule has 2 amide bonds. The van der Waals surface area contributed by atoms with Crippen LogP contribution in [0.2, 0.25) is 0 Å². The van der Waals surface area contributed by atoms with Gasteiger partial charge in [-0.3, -0.25) is 0 Å². The van der Waals surface area contributed by atoms with Crippen molar-refractivity contribution in [2.45, 2.75) is 33.2 Å². The van der Waals surface area contributed by atoms with Gasteiger partial charge in [-0.25, -0.2) is 4.79 Å². The molecule has 0 aliphatic carbocycles. The maximum absolute atomic E-state index is 11.5. The molecule has 1 rings (SSSR count). The van der Waals surface area contributed by atoms with E-state index in [1.807, 2.05) is 45.0 Å². The largest absolute Gasteiger partial charge is 0.335 e. The molecule has 0 aliphatic rings. The van der Waals surface area contributed by atoms with Crippen LogP contribution in [0.4, 0.5) is 10.5 Å². The predicted octanol–water partition coefficient (Wildman–Crippen LogP) is 2.92. The molecular formula is C12H18N2O. The summed E-state index contributed by atoms with van der Waals surface area (Å²) in [5, 5.41) is 5.68. The Morgan fingerprint density at radius 2 is 2.07 bits per heavy atom. The molecule has 0 fully saturated rings. The number of hydrogen-bond acceptors (Lipinski definition) is 1. The zero-order chi connectivity index (χ0) is 11.3. The van der Waals surface area contributed by atoms with E-state index in [1.54, 1.807) is 0 Å². The van der Waals surface area contributed by atoms with Gasteiger partial charge in [0.2, 0.25) is 0 Å². The number of anilines is 1. The Kier molecular flexibility index (Phi) is 4.16. The summed E-state index contributed by atoms with van der Waals surface area (Å²) in [4.78, 5) is 11.5. The third-order valence-corrected chi connectivity index (χ3v) is 2.38. The monoisotopic (exact) mass is 206 g/mol. The predicted molar refractivity (Wildman–Crippen MR) is 63.1 cm³/mol. The van der Waals surface area contributed by atoms with Crippen molar-refractivity contribution in [2.24, 2.45) is 0 Å². The summed E-state index contributed by atoms with van der Waals surface area (Å²) in [6, 6.07) is 7.79. The highest BCUT2D eigenvalue weighted by atomic mass is 16.2. The Morgan fingerprint density at radius 1 is 1.40 bits per heavy atom. The molecule has 3 heteroatoms. The van der Waals surface area contributed by atoms with Gasteiger partial charge in [-0.05, 0) is 31.9 Å². The first-order valence-corrected chi connectivity index (χ1v) is 5.26. The van der Waals surface area contributed by atoms with Gasteiger partial charge in [-0.15, -0.1) is 0 Å². The lowest BCUT2D eigenvalue weighted by Gasteiger charge is -2.13. The summed E-state index contributed by atoms with van der Waals surface area (Å²) in [6.07, 6.45) is 0.932. The second-order valence-corrected chi connectivity index (χ2v) is 3.72. The van der Waals surface area contributed by atoms with Crippen LogP contribution in [-0.4, -0.2) is 12.1 Å². The molecule has 0 heterocycles. The van der Waals surface area contributed by atoms with Crippen LogP contribution in [-0.2, 0) is 0 Å². The fourth-order valence-electron chi connectivity index (χ4n) is 1.20. The van der Waals surface area contributed by atoms with Crippen LogP contribution < -0.4 is 10.6 Å². The number of carbonyl (C=O) groups is 1. The Labute approximate surface area is 90.9 Å². The van der Waals surface area contributed by atoms with Crippen molar-refractivity contribution in [1.82, 2.24) is 5.32 Å². The standard InChI is InChI=1S/C12H18N2O/c1-4-10(3)13-12(15)14-11-8-6-5-7-9(11)2/h5-8,10H,4H2,1-3H3,(H2,13,14,15)/t10-/m1/s1. The minimum Gasteiger partial charge on any atom is -0.335 e. The number of nitrogens with one attached hydrogen (secondary N) is 2. The molecule has 15 heavy (non-hydrogen) atoms. The number of hydrogen-bond donors (Lipinski definition) is 2. The number of urea groups is 1. The van der Waals surface area contributed by atoms with Crippen LogP contribution in [0, 0.1) is 6.92 Å². The average Bonchev–Trinajstić information content (AvgIpc) is 2.21. The van der Waals surface area contributed by atoms with E-state index in [0.717, 1.165) is 17.7 Å². The molecule has 3 nitrogen and oxygen atoms in total. The summed E-state index contributed by atoms with van der Waals surface area (Å²) < 4.78 is 0. The lowest BCUT2D eigenvalue weighted by atomic mass is 10.2. The van der Waals surface area contributed by atoms with E-state index < -0.39 is 0 Å². The highest BCUT2D eigenvalue weighted by Gasteiger charge is 2.05. The normalized spacial score (nSPS) is 11.9. The van der Waals surface area contributed by atoms with E-state index in [-0.39, 0.29) is 12.1 Å². The third kappa shape index (κ3) is 3.62. The fourth-order valence-corrected chi connectivity index (χ4v) is 1.20. The quantitative estimate of drug-likeness (QED) is 0.784. The summed E-state index contributed by atoms with van der Waals surface area (Å²) in [7, 11) is 0. The van der Waals surface area contributed by atoms with Crippen molar-refractivity contribution in [3.05, 3.63) is 29.8 Å². The van der Waals surface area contributed by atoms with Gasteiger partial charge >= 0.3 is 6.03 Å². The van der Waals surface area contributed by atoms with Gasteiger partial charge in [-0.2, -0.15) is 0 Å². The summed E-state index contributed by atoms with van der Waals surface area (Å²) in [5.74, 6) is 0. The lowest BCUT2D eigenvalue weighted by Crippen LogP contribution is -2.35. The van der Waals surface area contributed by atoms with Crippen molar-refractivity contribution in [3.63, 3.8) is 0 Å². The van der Waals surface area contributed by atoms with Crippen LogP contribution >= 0.6 is 0 Å². The molecule has 0 saturated heterocycles.